The lowest BCUT2D eigenvalue weighted by Crippen LogP contribution is -2.38. The van der Waals surface area contributed by atoms with Crippen LogP contribution in [0.25, 0.3) is 0 Å². The summed E-state index contributed by atoms with van der Waals surface area (Å²) in [5.41, 5.74) is 0. The van der Waals surface area contributed by atoms with Gasteiger partial charge in [-0.25, -0.2) is 4.98 Å². The van der Waals surface area contributed by atoms with Crippen molar-refractivity contribution in [3.8, 4) is 5.88 Å². The summed E-state index contributed by atoms with van der Waals surface area (Å²) in [5, 5.41) is 0. The maximum atomic E-state index is 11.8. The molecule has 0 aliphatic carbocycles. The van der Waals surface area contributed by atoms with Gasteiger partial charge in [0.1, 0.15) is 0 Å². The number of carbonyl (C=O) groups excluding carboxylic acids is 1. The van der Waals surface area contributed by atoms with Crippen LogP contribution < -0.4 is 9.64 Å². The van der Waals surface area contributed by atoms with Gasteiger partial charge in [0, 0.05) is 20.6 Å². The van der Waals surface area contributed by atoms with Gasteiger partial charge in [-0.3, -0.25) is 4.79 Å². The third-order valence-electron chi connectivity index (χ3n) is 2.49. The first-order valence-electron chi connectivity index (χ1n) is 6.01. The van der Waals surface area contributed by atoms with Gasteiger partial charge in [0.2, 0.25) is 17.7 Å². The largest absolute Gasteiger partial charge is 0.480 e. The van der Waals surface area contributed by atoms with Crippen LogP contribution in [0.15, 0.2) is 10.7 Å². The van der Waals surface area contributed by atoms with Crippen molar-refractivity contribution >= 4 is 27.8 Å². The van der Waals surface area contributed by atoms with E-state index in [0.717, 1.165) is 6.42 Å². The summed E-state index contributed by atoms with van der Waals surface area (Å²) in [6.07, 6.45) is 2.53. The highest BCUT2D eigenvalue weighted by Crippen LogP contribution is 2.23. The number of aromatic nitrogens is 2. The highest BCUT2D eigenvalue weighted by Gasteiger charge is 2.16. The van der Waals surface area contributed by atoms with E-state index in [1.54, 1.807) is 32.3 Å². The molecule has 1 aromatic heterocycles. The molecule has 0 aliphatic heterocycles. The van der Waals surface area contributed by atoms with Crippen LogP contribution in [0.1, 0.15) is 13.3 Å². The summed E-state index contributed by atoms with van der Waals surface area (Å²) in [7, 11) is 5.01. The van der Waals surface area contributed by atoms with Crippen molar-refractivity contribution in [3.63, 3.8) is 0 Å². The minimum Gasteiger partial charge on any atom is -0.480 e. The molecule has 1 amide bonds. The van der Waals surface area contributed by atoms with Crippen LogP contribution in [-0.2, 0) is 4.79 Å². The molecule has 0 aromatic carbocycles. The Morgan fingerprint density at radius 1 is 1.47 bits per heavy atom. The Balaban J connectivity index is 2.95. The molecule has 0 atom stereocenters. The average Bonchev–Trinajstić information content (AvgIpc) is 2.38. The molecule has 0 radical (unpaired) electrons. The maximum Gasteiger partial charge on any atom is 0.241 e. The summed E-state index contributed by atoms with van der Waals surface area (Å²) in [4.78, 5) is 23.7. The molecule has 106 valence electrons. The van der Waals surface area contributed by atoms with Gasteiger partial charge < -0.3 is 14.5 Å². The molecule has 7 heteroatoms. The van der Waals surface area contributed by atoms with Crippen LogP contribution in [-0.4, -0.2) is 55.1 Å². The van der Waals surface area contributed by atoms with Gasteiger partial charge in [-0.15, -0.1) is 0 Å². The second kappa shape index (κ2) is 7.28. The molecular formula is C12H19BrN4O2. The topological polar surface area (TPSA) is 58.6 Å². The van der Waals surface area contributed by atoms with E-state index >= 15 is 0 Å². The first-order valence-corrected chi connectivity index (χ1v) is 6.80. The van der Waals surface area contributed by atoms with Crippen molar-refractivity contribution < 1.29 is 9.53 Å². The highest BCUT2D eigenvalue weighted by atomic mass is 79.9. The fourth-order valence-corrected chi connectivity index (χ4v) is 1.82. The Labute approximate surface area is 121 Å². The first-order chi connectivity index (χ1) is 8.99. The number of anilines is 1. The van der Waals surface area contributed by atoms with Crippen LogP contribution in [0.5, 0.6) is 5.88 Å². The van der Waals surface area contributed by atoms with E-state index in [9.17, 15) is 4.79 Å². The number of methoxy groups -OCH3 is 1. The molecule has 0 saturated carbocycles. The van der Waals surface area contributed by atoms with Gasteiger partial charge in [0.15, 0.2) is 0 Å². The zero-order valence-electron chi connectivity index (χ0n) is 11.7. The first kappa shape index (κ1) is 15.7. The van der Waals surface area contributed by atoms with Gasteiger partial charge in [0.05, 0.1) is 24.3 Å². The monoisotopic (exact) mass is 330 g/mol. The van der Waals surface area contributed by atoms with Crippen LogP contribution in [0, 0.1) is 0 Å². The van der Waals surface area contributed by atoms with Gasteiger partial charge in [-0.2, -0.15) is 4.98 Å². The molecule has 0 N–H and O–H groups in total. The van der Waals surface area contributed by atoms with Gasteiger partial charge in [-0.05, 0) is 22.4 Å². The molecule has 0 saturated heterocycles. The summed E-state index contributed by atoms with van der Waals surface area (Å²) in [5.74, 6) is 0.972. The number of hydrogen-bond acceptors (Lipinski definition) is 5. The molecule has 1 heterocycles. The smallest absolute Gasteiger partial charge is 0.241 e. The summed E-state index contributed by atoms with van der Waals surface area (Å²) < 4.78 is 5.84. The number of likely N-dealkylation sites (N-methyl/N-ethyl adjacent to an activating group) is 1. The van der Waals surface area contributed by atoms with Crippen molar-refractivity contribution in [1.82, 2.24) is 14.9 Å². The standard InChI is InChI=1S/C12H19BrN4O2/c1-5-6-17(8-10(18)16(2)3)12-14-7-9(13)11(15-12)19-4/h7H,5-6,8H2,1-4H3. The van der Waals surface area contributed by atoms with Gasteiger partial charge in [0.25, 0.3) is 0 Å². The Morgan fingerprint density at radius 2 is 2.16 bits per heavy atom. The Hall–Kier alpha value is -1.37. The summed E-state index contributed by atoms with van der Waals surface area (Å²) >= 11 is 3.31. The van der Waals surface area contributed by atoms with Crippen LogP contribution in [0.2, 0.25) is 0 Å². The summed E-state index contributed by atoms with van der Waals surface area (Å²) in [6.45, 7) is 3.01. The van der Waals surface area contributed by atoms with Crippen molar-refractivity contribution in [2.75, 3.05) is 39.2 Å². The van der Waals surface area contributed by atoms with Crippen molar-refractivity contribution in [3.05, 3.63) is 10.7 Å². The predicted octanol–water partition coefficient (Wildman–Crippen LogP) is 1.55. The molecule has 0 bridgehead atoms. The van der Waals surface area contributed by atoms with Gasteiger partial charge in [-0.1, -0.05) is 6.92 Å². The van der Waals surface area contributed by atoms with E-state index in [1.807, 2.05) is 11.8 Å². The summed E-state index contributed by atoms with van der Waals surface area (Å²) in [6, 6.07) is 0. The molecule has 0 aliphatic rings. The second-order valence-corrected chi connectivity index (χ2v) is 5.09. The predicted molar refractivity (Wildman–Crippen MR) is 77.5 cm³/mol. The van der Waals surface area contributed by atoms with Crippen LogP contribution in [0.3, 0.4) is 0 Å². The number of amides is 1. The number of ether oxygens (including phenoxy) is 1. The number of nitrogens with zero attached hydrogens (tertiary/aromatic N) is 4. The zero-order chi connectivity index (χ0) is 14.4. The van der Waals surface area contributed by atoms with E-state index in [2.05, 4.69) is 25.9 Å². The molecular weight excluding hydrogens is 312 g/mol. The zero-order valence-corrected chi connectivity index (χ0v) is 13.3. The van der Waals surface area contributed by atoms with Crippen molar-refractivity contribution in [1.29, 1.82) is 0 Å². The fraction of sp³-hybridized carbons (Fsp3) is 0.583. The minimum atomic E-state index is 0.0129. The molecule has 6 nitrogen and oxygen atoms in total. The van der Waals surface area contributed by atoms with E-state index in [1.165, 1.54) is 0 Å². The quantitative estimate of drug-likeness (QED) is 0.792. The van der Waals surface area contributed by atoms with Gasteiger partial charge >= 0.3 is 0 Å². The SMILES string of the molecule is CCCN(CC(=O)N(C)C)c1ncc(Br)c(OC)n1. The molecule has 19 heavy (non-hydrogen) atoms. The highest BCUT2D eigenvalue weighted by molar-refractivity contribution is 9.10. The fourth-order valence-electron chi connectivity index (χ4n) is 1.46. The number of hydrogen-bond donors (Lipinski definition) is 0. The Bertz CT molecular complexity index is 440. The molecule has 0 unspecified atom stereocenters. The van der Waals surface area contributed by atoms with E-state index < -0.39 is 0 Å². The van der Waals surface area contributed by atoms with Crippen LogP contribution in [0.4, 0.5) is 5.95 Å². The lowest BCUT2D eigenvalue weighted by molar-refractivity contribution is -0.127. The third-order valence-corrected chi connectivity index (χ3v) is 3.04. The molecule has 0 spiro atoms. The lowest BCUT2D eigenvalue weighted by Gasteiger charge is -2.23. The van der Waals surface area contributed by atoms with Crippen molar-refractivity contribution in [2.24, 2.45) is 0 Å². The van der Waals surface area contributed by atoms with E-state index in [4.69, 9.17) is 4.74 Å². The van der Waals surface area contributed by atoms with Crippen LogP contribution >= 0.6 is 15.9 Å². The maximum absolute atomic E-state index is 11.8. The normalized spacial score (nSPS) is 10.2. The van der Waals surface area contributed by atoms with E-state index in [-0.39, 0.29) is 12.5 Å². The number of carbonyl (C=O) groups is 1. The lowest BCUT2D eigenvalue weighted by atomic mass is 10.4. The van der Waals surface area contributed by atoms with E-state index in [0.29, 0.717) is 22.8 Å². The van der Waals surface area contributed by atoms with Crippen molar-refractivity contribution in [2.45, 2.75) is 13.3 Å². The number of rotatable bonds is 6. The number of halogens is 1. The minimum absolute atomic E-state index is 0.0129. The molecule has 1 rings (SSSR count). The average molecular weight is 331 g/mol. The Morgan fingerprint density at radius 3 is 2.68 bits per heavy atom. The molecule has 1 aromatic rings. The third kappa shape index (κ3) is 4.34. The molecule has 0 fully saturated rings. The Kier molecular flexibility index (Phi) is 6.01. The second-order valence-electron chi connectivity index (χ2n) is 4.24.